The number of unbranched alkanes of at least 4 members (excludes halogenated alkanes) is 13. The van der Waals surface area contributed by atoms with Gasteiger partial charge >= 0.3 is 0 Å². The molecule has 0 spiro atoms. The molecule has 0 aromatic rings. The highest BCUT2D eigenvalue weighted by molar-refractivity contribution is 5.76. The van der Waals surface area contributed by atoms with Crippen molar-refractivity contribution in [1.29, 1.82) is 0 Å². The third kappa shape index (κ3) is 35.7. The molecule has 3 aliphatic heterocycles. The van der Waals surface area contributed by atoms with Crippen molar-refractivity contribution >= 4 is 5.91 Å². The molecule has 0 radical (unpaired) electrons. The third-order valence-electron chi connectivity index (χ3n) is 16.5. The standard InChI is InChI=1S/C74H121NO18/c1-3-5-7-9-11-13-15-16-17-18-19-20-21-22-23-24-25-26-27-28-29-30-31-32-33-34-35-36-37-38-39-40-42-44-46-48-50-52-62(80)75-57(58(79)51-49-47-45-43-41-14-12-10-8-6-4-2)56-88-72-68(86)65(83)70(60(54-77)90-72)93-74-69(87)66(84)71(61(55-78)91-74)92-73-67(85)64(82)63(81)59(53-76)89-73/h5,7,11,13,16-17,19-20,22-23,25-26,28-29,31-32,34-35,37-38,40,42,57-61,63-74,76-79,81-87H,3-4,6,8-10,12,14-15,18,21,24,27,30,33,36,39,41,43-56H2,1-2H3,(H,75,80)/b7-5-,13-11-,17-16-,20-19-,23-22-,26-25-,29-28-,32-31-,35-34-,38-37-,42-40-. The molecular weight excluding hydrogens is 1190 g/mol. The van der Waals surface area contributed by atoms with Gasteiger partial charge in [-0.3, -0.25) is 4.79 Å². The zero-order valence-corrected chi connectivity index (χ0v) is 55.9. The Morgan fingerprint density at radius 2 is 0.742 bits per heavy atom. The molecule has 12 N–H and O–H groups in total. The van der Waals surface area contributed by atoms with Crippen molar-refractivity contribution < 1.29 is 89.4 Å². The molecular formula is C74H121NO18. The Kier molecular flexibility index (Phi) is 48.3. The van der Waals surface area contributed by atoms with Gasteiger partial charge in [0.1, 0.15) is 73.2 Å². The van der Waals surface area contributed by atoms with Gasteiger partial charge in [-0.2, -0.15) is 0 Å². The topological polar surface area (TPSA) is 307 Å². The van der Waals surface area contributed by atoms with Crippen molar-refractivity contribution in [2.75, 3.05) is 26.4 Å². The lowest BCUT2D eigenvalue weighted by Crippen LogP contribution is -2.66. The zero-order chi connectivity index (χ0) is 67.5. The predicted molar refractivity (Wildman–Crippen MR) is 364 cm³/mol. The van der Waals surface area contributed by atoms with E-state index >= 15 is 0 Å². The van der Waals surface area contributed by atoms with Crippen molar-refractivity contribution in [1.82, 2.24) is 5.32 Å². The molecule has 3 rings (SSSR count). The van der Waals surface area contributed by atoms with Crippen LogP contribution in [0.15, 0.2) is 134 Å². The number of nitrogens with one attached hydrogen (secondary N) is 1. The first-order chi connectivity index (χ1) is 45.3. The molecule has 3 aliphatic rings. The Labute approximate surface area is 556 Å². The van der Waals surface area contributed by atoms with Crippen molar-refractivity contribution in [2.24, 2.45) is 0 Å². The molecule has 1 amide bonds. The second kappa shape index (κ2) is 54.0. The van der Waals surface area contributed by atoms with Crippen LogP contribution in [0.5, 0.6) is 0 Å². The van der Waals surface area contributed by atoms with Crippen LogP contribution in [-0.2, 0) is 33.2 Å². The SMILES string of the molecule is CC/C=C\C/C=C\C/C=C\C/C=C\C/C=C\C/C=C\C/C=C\C/C=C\C/C=C\C/C=C\C/C=C\CCCCCC(=O)NC(COC1OC(CO)C(OC2OC(CO)C(OC3OC(CO)C(O)C(O)C3O)C(O)C2O)C(O)C1O)C(O)CCCCCCCCCCCCC. The van der Waals surface area contributed by atoms with E-state index in [0.717, 1.165) is 109 Å². The monoisotopic (exact) mass is 1310 g/mol. The van der Waals surface area contributed by atoms with E-state index in [1.807, 2.05) is 0 Å². The highest BCUT2D eigenvalue weighted by atomic mass is 16.8. The first-order valence-corrected chi connectivity index (χ1v) is 34.9. The molecule has 19 heteroatoms. The van der Waals surface area contributed by atoms with E-state index in [1.165, 1.54) is 44.9 Å². The van der Waals surface area contributed by atoms with Gasteiger partial charge in [-0.05, 0) is 96.3 Å². The molecule has 0 saturated carbocycles. The van der Waals surface area contributed by atoms with Crippen LogP contribution in [0.3, 0.4) is 0 Å². The minimum Gasteiger partial charge on any atom is -0.394 e. The zero-order valence-electron chi connectivity index (χ0n) is 55.9. The Hall–Kier alpha value is -4.07. The second-order valence-corrected chi connectivity index (χ2v) is 24.3. The number of ether oxygens (including phenoxy) is 6. The van der Waals surface area contributed by atoms with E-state index in [0.29, 0.717) is 19.3 Å². The first-order valence-electron chi connectivity index (χ1n) is 34.9. The fourth-order valence-corrected chi connectivity index (χ4v) is 10.8. The Bertz CT molecular complexity index is 2210. The van der Waals surface area contributed by atoms with Crippen molar-refractivity contribution in [3.63, 3.8) is 0 Å². The normalized spacial score (nSPS) is 28.4. The van der Waals surface area contributed by atoms with Gasteiger partial charge in [-0.1, -0.05) is 225 Å². The summed E-state index contributed by atoms with van der Waals surface area (Å²) in [4.78, 5) is 13.4. The van der Waals surface area contributed by atoms with Gasteiger partial charge in [-0.25, -0.2) is 0 Å². The number of hydrogen-bond donors (Lipinski definition) is 12. The summed E-state index contributed by atoms with van der Waals surface area (Å²) in [6.45, 7) is 1.61. The van der Waals surface area contributed by atoms with Gasteiger partial charge in [-0.15, -0.1) is 0 Å². The summed E-state index contributed by atoms with van der Waals surface area (Å²) in [7, 11) is 0. The number of rotatable bonds is 51. The van der Waals surface area contributed by atoms with Crippen LogP contribution >= 0.6 is 0 Å². The predicted octanol–water partition coefficient (Wildman–Crippen LogP) is 9.38. The molecule has 19 nitrogen and oxygen atoms in total. The van der Waals surface area contributed by atoms with Crippen LogP contribution in [0, 0.1) is 0 Å². The summed E-state index contributed by atoms with van der Waals surface area (Å²) in [5, 5.41) is 120. The van der Waals surface area contributed by atoms with Crippen LogP contribution in [0.25, 0.3) is 0 Å². The number of hydrogen-bond acceptors (Lipinski definition) is 18. The molecule has 0 aromatic heterocycles. The van der Waals surface area contributed by atoms with Crippen molar-refractivity contribution in [3.05, 3.63) is 134 Å². The molecule has 0 bridgehead atoms. The first kappa shape index (κ1) is 83.2. The maximum absolute atomic E-state index is 13.4. The average Bonchev–Trinajstić information content (AvgIpc) is 0.805. The molecule has 0 aromatic carbocycles. The van der Waals surface area contributed by atoms with Crippen molar-refractivity contribution in [3.8, 4) is 0 Å². The maximum atomic E-state index is 13.4. The minimum absolute atomic E-state index is 0.217. The van der Waals surface area contributed by atoms with Crippen molar-refractivity contribution in [2.45, 2.75) is 298 Å². The van der Waals surface area contributed by atoms with Crippen LogP contribution in [-0.4, -0.2) is 193 Å². The highest BCUT2D eigenvalue weighted by Crippen LogP contribution is 2.33. The number of aliphatic hydroxyl groups excluding tert-OH is 11. The van der Waals surface area contributed by atoms with Gasteiger partial charge in [0.25, 0.3) is 0 Å². The van der Waals surface area contributed by atoms with Crippen LogP contribution < -0.4 is 5.32 Å². The molecule has 530 valence electrons. The average molecular weight is 1310 g/mol. The van der Waals surface area contributed by atoms with Gasteiger partial charge in [0.05, 0.1) is 38.6 Å². The van der Waals surface area contributed by atoms with E-state index in [4.69, 9.17) is 28.4 Å². The van der Waals surface area contributed by atoms with Gasteiger partial charge in [0.2, 0.25) is 5.91 Å². The highest BCUT2D eigenvalue weighted by Gasteiger charge is 2.53. The number of carbonyl (C=O) groups excluding carboxylic acids is 1. The number of allylic oxidation sites excluding steroid dienone is 22. The van der Waals surface area contributed by atoms with Crippen LogP contribution in [0.2, 0.25) is 0 Å². The molecule has 3 heterocycles. The van der Waals surface area contributed by atoms with E-state index < -0.39 is 124 Å². The quantitative estimate of drug-likeness (QED) is 0.0199. The summed E-state index contributed by atoms with van der Waals surface area (Å²) < 4.78 is 34.3. The molecule has 3 saturated heterocycles. The number of aliphatic hydroxyl groups is 11. The summed E-state index contributed by atoms with van der Waals surface area (Å²) in [5.41, 5.74) is 0. The fourth-order valence-electron chi connectivity index (χ4n) is 10.8. The second-order valence-electron chi connectivity index (χ2n) is 24.3. The van der Waals surface area contributed by atoms with Gasteiger partial charge in [0, 0.05) is 6.42 Å². The van der Waals surface area contributed by atoms with E-state index in [-0.39, 0.29) is 18.9 Å². The molecule has 3 fully saturated rings. The fraction of sp³-hybridized carbons (Fsp3) is 0.689. The van der Waals surface area contributed by atoms with E-state index in [1.54, 1.807) is 0 Å². The smallest absolute Gasteiger partial charge is 0.220 e. The van der Waals surface area contributed by atoms with Crippen LogP contribution in [0.1, 0.15) is 194 Å². The molecule has 17 atom stereocenters. The number of amides is 1. The molecule has 0 aliphatic carbocycles. The van der Waals surface area contributed by atoms with E-state index in [2.05, 4.69) is 153 Å². The Morgan fingerprint density at radius 1 is 0.398 bits per heavy atom. The lowest BCUT2D eigenvalue weighted by Gasteiger charge is -2.48. The lowest BCUT2D eigenvalue weighted by atomic mass is 9.96. The Morgan fingerprint density at radius 3 is 1.15 bits per heavy atom. The van der Waals surface area contributed by atoms with E-state index in [9.17, 15) is 61.0 Å². The minimum atomic E-state index is -1.98. The van der Waals surface area contributed by atoms with Gasteiger partial charge in [0.15, 0.2) is 18.9 Å². The summed E-state index contributed by atoms with van der Waals surface area (Å²) in [6, 6.07) is -0.914. The van der Waals surface area contributed by atoms with Crippen LogP contribution in [0.4, 0.5) is 0 Å². The lowest BCUT2D eigenvalue weighted by molar-refractivity contribution is -0.379. The molecule has 93 heavy (non-hydrogen) atoms. The summed E-state index contributed by atoms with van der Waals surface area (Å²) >= 11 is 0. The Balaban J connectivity index is 1.37. The summed E-state index contributed by atoms with van der Waals surface area (Å²) in [6.07, 6.45) is 48.4. The maximum Gasteiger partial charge on any atom is 0.220 e. The summed E-state index contributed by atoms with van der Waals surface area (Å²) in [5.74, 6) is -0.282. The van der Waals surface area contributed by atoms with Gasteiger partial charge < -0.3 is 89.9 Å². The largest absolute Gasteiger partial charge is 0.394 e. The third-order valence-corrected chi connectivity index (χ3v) is 16.5. The molecule has 17 unspecified atom stereocenters. The number of carbonyl (C=O) groups is 1.